The lowest BCUT2D eigenvalue weighted by atomic mass is 10.5. The maximum atomic E-state index is 5.24. The average molecular weight is 154 g/mol. The first-order valence-corrected chi connectivity index (χ1v) is 3.96. The number of aromatic nitrogens is 2. The lowest BCUT2D eigenvalue weighted by molar-refractivity contribution is 0.0859. The molecule has 0 amide bonds. The van der Waals surface area contributed by atoms with Crippen LogP contribution in [0, 0.1) is 0 Å². The molecular formula is C8H14N2O. The summed E-state index contributed by atoms with van der Waals surface area (Å²) >= 11 is 0. The van der Waals surface area contributed by atoms with Gasteiger partial charge in [0.15, 0.2) is 0 Å². The van der Waals surface area contributed by atoms with E-state index in [1.165, 1.54) is 0 Å². The number of nitrogens with zero attached hydrogens (tertiary/aromatic N) is 2. The van der Waals surface area contributed by atoms with Crippen LogP contribution in [-0.2, 0) is 17.9 Å². The topological polar surface area (TPSA) is 27.1 Å². The summed E-state index contributed by atoms with van der Waals surface area (Å²) in [5.74, 6) is 1.08. The Morgan fingerprint density at radius 1 is 1.55 bits per heavy atom. The predicted molar refractivity (Wildman–Crippen MR) is 43.2 cm³/mol. The molecule has 0 atom stereocenters. The maximum absolute atomic E-state index is 5.24. The summed E-state index contributed by atoms with van der Waals surface area (Å²) in [5, 5.41) is 0. The SMILES string of the molecule is CCOCn1ccnc1CC. The molecule has 62 valence electrons. The number of imidazole rings is 1. The highest BCUT2D eigenvalue weighted by Crippen LogP contribution is 1.98. The van der Waals surface area contributed by atoms with Crippen LogP contribution in [0.5, 0.6) is 0 Å². The van der Waals surface area contributed by atoms with Crippen molar-refractivity contribution in [2.45, 2.75) is 27.0 Å². The van der Waals surface area contributed by atoms with E-state index >= 15 is 0 Å². The number of aryl methyl sites for hydroxylation is 1. The first-order valence-electron chi connectivity index (χ1n) is 3.96. The summed E-state index contributed by atoms with van der Waals surface area (Å²) in [6.45, 7) is 5.45. The molecule has 0 aliphatic carbocycles. The minimum atomic E-state index is 0.625. The third-order valence-corrected chi connectivity index (χ3v) is 1.55. The fourth-order valence-corrected chi connectivity index (χ4v) is 0.962. The third-order valence-electron chi connectivity index (χ3n) is 1.55. The molecule has 0 N–H and O–H groups in total. The average Bonchev–Trinajstić information content (AvgIpc) is 2.47. The first kappa shape index (κ1) is 8.27. The molecule has 0 aromatic carbocycles. The zero-order valence-electron chi connectivity index (χ0n) is 7.08. The van der Waals surface area contributed by atoms with Crippen molar-refractivity contribution in [1.82, 2.24) is 9.55 Å². The molecule has 0 unspecified atom stereocenters. The summed E-state index contributed by atoms with van der Waals surface area (Å²) in [7, 11) is 0. The van der Waals surface area contributed by atoms with Gasteiger partial charge in [0.25, 0.3) is 0 Å². The smallest absolute Gasteiger partial charge is 0.123 e. The summed E-state index contributed by atoms with van der Waals surface area (Å²) in [6, 6.07) is 0. The summed E-state index contributed by atoms with van der Waals surface area (Å²) < 4.78 is 7.26. The summed E-state index contributed by atoms with van der Waals surface area (Å²) in [4.78, 5) is 4.17. The van der Waals surface area contributed by atoms with Crippen molar-refractivity contribution in [1.29, 1.82) is 0 Å². The molecular weight excluding hydrogens is 140 g/mol. The van der Waals surface area contributed by atoms with Crippen molar-refractivity contribution in [3.63, 3.8) is 0 Å². The maximum Gasteiger partial charge on any atom is 0.123 e. The molecule has 1 aromatic rings. The standard InChI is InChI=1S/C8H14N2O/c1-3-8-9-5-6-10(8)7-11-4-2/h5-6H,3-4,7H2,1-2H3. The molecule has 3 nitrogen and oxygen atoms in total. The molecule has 0 saturated carbocycles. The molecule has 1 rings (SSSR count). The van der Waals surface area contributed by atoms with Crippen LogP contribution in [0.1, 0.15) is 19.7 Å². The molecule has 0 bridgehead atoms. The summed E-state index contributed by atoms with van der Waals surface area (Å²) in [5.41, 5.74) is 0. The molecule has 0 aliphatic rings. The van der Waals surface area contributed by atoms with E-state index in [1.54, 1.807) is 6.20 Å². The van der Waals surface area contributed by atoms with Gasteiger partial charge in [0.2, 0.25) is 0 Å². The van der Waals surface area contributed by atoms with Crippen LogP contribution in [-0.4, -0.2) is 16.2 Å². The van der Waals surface area contributed by atoms with Gasteiger partial charge in [-0.05, 0) is 6.92 Å². The van der Waals surface area contributed by atoms with E-state index in [1.807, 2.05) is 17.7 Å². The van der Waals surface area contributed by atoms with Crippen LogP contribution in [0.3, 0.4) is 0 Å². The largest absolute Gasteiger partial charge is 0.361 e. The Bertz CT molecular complexity index is 208. The molecule has 0 spiro atoms. The van der Waals surface area contributed by atoms with E-state index in [9.17, 15) is 0 Å². The van der Waals surface area contributed by atoms with Crippen LogP contribution in [0.2, 0.25) is 0 Å². The van der Waals surface area contributed by atoms with Gasteiger partial charge >= 0.3 is 0 Å². The second-order valence-corrected chi connectivity index (χ2v) is 2.29. The quantitative estimate of drug-likeness (QED) is 0.656. The Morgan fingerprint density at radius 3 is 3.00 bits per heavy atom. The molecule has 0 radical (unpaired) electrons. The monoisotopic (exact) mass is 154 g/mol. The molecule has 11 heavy (non-hydrogen) atoms. The van der Waals surface area contributed by atoms with Crippen LogP contribution in [0.25, 0.3) is 0 Å². The summed E-state index contributed by atoms with van der Waals surface area (Å²) in [6.07, 6.45) is 4.70. The number of ether oxygens (including phenoxy) is 1. The first-order chi connectivity index (χ1) is 5.38. The fraction of sp³-hybridized carbons (Fsp3) is 0.625. The molecule has 0 aliphatic heterocycles. The van der Waals surface area contributed by atoms with E-state index < -0.39 is 0 Å². The van der Waals surface area contributed by atoms with Crippen LogP contribution < -0.4 is 0 Å². The minimum absolute atomic E-state index is 0.625. The van der Waals surface area contributed by atoms with Gasteiger partial charge in [-0.25, -0.2) is 4.98 Å². The molecule has 1 heterocycles. The lowest BCUT2D eigenvalue weighted by Crippen LogP contribution is -2.04. The van der Waals surface area contributed by atoms with E-state index in [4.69, 9.17) is 4.74 Å². The minimum Gasteiger partial charge on any atom is -0.361 e. The van der Waals surface area contributed by atoms with Gasteiger partial charge in [-0.1, -0.05) is 6.92 Å². The number of hydrogen-bond donors (Lipinski definition) is 0. The van der Waals surface area contributed by atoms with Gasteiger partial charge < -0.3 is 9.30 Å². The van der Waals surface area contributed by atoms with Gasteiger partial charge in [-0.2, -0.15) is 0 Å². The van der Waals surface area contributed by atoms with Crippen molar-refractivity contribution in [3.8, 4) is 0 Å². The molecule has 3 heteroatoms. The van der Waals surface area contributed by atoms with E-state index in [-0.39, 0.29) is 0 Å². The third kappa shape index (κ3) is 2.05. The lowest BCUT2D eigenvalue weighted by Gasteiger charge is -2.04. The van der Waals surface area contributed by atoms with Crippen LogP contribution in [0.15, 0.2) is 12.4 Å². The Morgan fingerprint density at radius 2 is 2.36 bits per heavy atom. The Balaban J connectivity index is 2.54. The van der Waals surface area contributed by atoms with Crippen molar-refractivity contribution in [3.05, 3.63) is 18.2 Å². The van der Waals surface area contributed by atoms with E-state index in [0.29, 0.717) is 6.73 Å². The van der Waals surface area contributed by atoms with Crippen LogP contribution in [0.4, 0.5) is 0 Å². The van der Waals surface area contributed by atoms with Crippen molar-refractivity contribution in [2.75, 3.05) is 6.61 Å². The zero-order valence-corrected chi connectivity index (χ0v) is 7.08. The second kappa shape index (κ2) is 4.13. The van der Waals surface area contributed by atoms with Gasteiger partial charge in [0.05, 0.1) is 0 Å². The van der Waals surface area contributed by atoms with E-state index in [0.717, 1.165) is 18.9 Å². The van der Waals surface area contributed by atoms with Gasteiger partial charge in [0.1, 0.15) is 12.6 Å². The van der Waals surface area contributed by atoms with Gasteiger partial charge in [0, 0.05) is 25.4 Å². The molecule has 0 saturated heterocycles. The highest BCUT2D eigenvalue weighted by atomic mass is 16.5. The number of rotatable bonds is 4. The van der Waals surface area contributed by atoms with Crippen molar-refractivity contribution < 1.29 is 4.74 Å². The fourth-order valence-electron chi connectivity index (χ4n) is 0.962. The van der Waals surface area contributed by atoms with Crippen LogP contribution >= 0.6 is 0 Å². The van der Waals surface area contributed by atoms with Gasteiger partial charge in [-0.15, -0.1) is 0 Å². The normalized spacial score (nSPS) is 10.4. The Kier molecular flexibility index (Phi) is 3.11. The van der Waals surface area contributed by atoms with Crippen molar-refractivity contribution in [2.24, 2.45) is 0 Å². The predicted octanol–water partition coefficient (Wildman–Crippen LogP) is 1.44. The van der Waals surface area contributed by atoms with Gasteiger partial charge in [-0.3, -0.25) is 0 Å². The Labute approximate surface area is 67.0 Å². The highest BCUT2D eigenvalue weighted by Gasteiger charge is 1.97. The Hall–Kier alpha value is -0.830. The zero-order chi connectivity index (χ0) is 8.10. The van der Waals surface area contributed by atoms with Crippen molar-refractivity contribution >= 4 is 0 Å². The molecule has 0 fully saturated rings. The molecule has 1 aromatic heterocycles. The second-order valence-electron chi connectivity index (χ2n) is 2.29. The highest BCUT2D eigenvalue weighted by molar-refractivity contribution is 4.90. The van der Waals surface area contributed by atoms with E-state index in [2.05, 4.69) is 11.9 Å². The number of hydrogen-bond acceptors (Lipinski definition) is 2.